The summed E-state index contributed by atoms with van der Waals surface area (Å²) in [6.07, 6.45) is 4.77. The van der Waals surface area contributed by atoms with Crippen LogP contribution in [0, 0.1) is 0 Å². The van der Waals surface area contributed by atoms with E-state index in [9.17, 15) is 13.2 Å². The first-order valence-corrected chi connectivity index (χ1v) is 12.8. The third-order valence-corrected chi connectivity index (χ3v) is 7.20. The van der Waals surface area contributed by atoms with Crippen LogP contribution in [0.4, 0.5) is 5.69 Å². The van der Waals surface area contributed by atoms with Gasteiger partial charge in [0.2, 0.25) is 15.9 Å². The first kappa shape index (κ1) is 23.9. The number of rotatable bonds is 8. The monoisotopic (exact) mass is 483 g/mol. The van der Waals surface area contributed by atoms with Crippen LogP contribution in [-0.4, -0.2) is 45.1 Å². The van der Waals surface area contributed by atoms with Gasteiger partial charge in [-0.2, -0.15) is 0 Å². The Morgan fingerprint density at radius 3 is 2.35 bits per heavy atom. The van der Waals surface area contributed by atoms with E-state index in [1.165, 1.54) is 43.0 Å². The first-order valence-electron chi connectivity index (χ1n) is 10.2. The minimum absolute atomic E-state index is 0.222. The number of halogens is 2. The second-order valence-electron chi connectivity index (χ2n) is 7.75. The second-order valence-corrected chi connectivity index (χ2v) is 10.5. The maximum Gasteiger partial charge on any atom is 0.241 e. The van der Waals surface area contributed by atoms with Crippen molar-refractivity contribution < 1.29 is 13.2 Å². The van der Waals surface area contributed by atoms with Gasteiger partial charge < -0.3 is 5.32 Å². The Balaban J connectivity index is 1.66. The molecule has 0 radical (unpaired) electrons. The van der Waals surface area contributed by atoms with E-state index in [-0.39, 0.29) is 17.3 Å². The third kappa shape index (κ3) is 6.84. The van der Waals surface area contributed by atoms with Crippen molar-refractivity contribution in [2.24, 2.45) is 0 Å². The predicted octanol–water partition coefficient (Wildman–Crippen LogP) is 4.06. The van der Waals surface area contributed by atoms with E-state index >= 15 is 0 Å². The van der Waals surface area contributed by atoms with Gasteiger partial charge in [-0.3, -0.25) is 14.0 Å². The van der Waals surface area contributed by atoms with Gasteiger partial charge in [-0.05, 0) is 55.3 Å². The summed E-state index contributed by atoms with van der Waals surface area (Å²) < 4.78 is 25.6. The second kappa shape index (κ2) is 10.7. The number of nitrogens with zero attached hydrogens (tertiary/aromatic N) is 2. The number of piperidine rings is 1. The lowest BCUT2D eigenvalue weighted by Gasteiger charge is -2.27. The van der Waals surface area contributed by atoms with Crippen LogP contribution in [0.25, 0.3) is 0 Å². The molecule has 1 aliphatic heterocycles. The molecular formula is C22H27Cl2N3O3S. The summed E-state index contributed by atoms with van der Waals surface area (Å²) in [4.78, 5) is 15.0. The number of likely N-dealkylation sites (tertiary alicyclic amines) is 1. The number of benzene rings is 2. The highest BCUT2D eigenvalue weighted by Crippen LogP contribution is 2.28. The lowest BCUT2D eigenvalue weighted by atomic mass is 10.0. The van der Waals surface area contributed by atoms with E-state index in [0.717, 1.165) is 35.8 Å². The molecule has 9 heteroatoms. The molecular weight excluding hydrogens is 457 g/mol. The Morgan fingerprint density at radius 1 is 1.03 bits per heavy atom. The van der Waals surface area contributed by atoms with Crippen molar-refractivity contribution >= 4 is 44.8 Å². The van der Waals surface area contributed by atoms with E-state index in [1.54, 1.807) is 0 Å². The number of carbonyl (C=O) groups excluding carboxylic acids is 1. The highest BCUT2D eigenvalue weighted by molar-refractivity contribution is 7.92. The quantitative estimate of drug-likeness (QED) is 0.614. The van der Waals surface area contributed by atoms with E-state index in [0.29, 0.717) is 11.6 Å². The van der Waals surface area contributed by atoms with Crippen molar-refractivity contribution in [3.8, 4) is 0 Å². The molecule has 0 saturated carbocycles. The normalized spacial score (nSPS) is 14.9. The number of anilines is 1. The molecule has 2 aromatic carbocycles. The van der Waals surface area contributed by atoms with E-state index < -0.39 is 15.9 Å². The molecule has 0 spiro atoms. The smallest absolute Gasteiger partial charge is 0.241 e. The van der Waals surface area contributed by atoms with E-state index in [4.69, 9.17) is 23.2 Å². The van der Waals surface area contributed by atoms with Gasteiger partial charge in [-0.1, -0.05) is 53.9 Å². The van der Waals surface area contributed by atoms with E-state index in [1.807, 2.05) is 18.2 Å². The molecule has 0 bridgehead atoms. The van der Waals surface area contributed by atoms with Gasteiger partial charge in [0.1, 0.15) is 6.54 Å². The lowest BCUT2D eigenvalue weighted by Crippen LogP contribution is -2.40. The first-order chi connectivity index (χ1) is 14.7. The summed E-state index contributed by atoms with van der Waals surface area (Å²) >= 11 is 12.0. The summed E-state index contributed by atoms with van der Waals surface area (Å²) in [5, 5.41) is 3.39. The molecule has 31 heavy (non-hydrogen) atoms. The molecule has 1 fully saturated rings. The SMILES string of the molecule is CS(=O)(=O)N(CC(=O)NCc1ccccc1CN1CCCCC1)c1ccc(Cl)c(Cl)c1. The summed E-state index contributed by atoms with van der Waals surface area (Å²) in [6.45, 7) is 3.03. The molecule has 0 atom stereocenters. The topological polar surface area (TPSA) is 69.7 Å². The molecule has 6 nitrogen and oxygen atoms in total. The van der Waals surface area contributed by atoms with Crippen LogP contribution in [0.5, 0.6) is 0 Å². The minimum atomic E-state index is -3.69. The van der Waals surface area contributed by atoms with Crippen molar-refractivity contribution in [1.29, 1.82) is 0 Å². The van der Waals surface area contributed by atoms with Crippen molar-refractivity contribution in [3.63, 3.8) is 0 Å². The van der Waals surface area contributed by atoms with Gasteiger partial charge in [0, 0.05) is 13.1 Å². The van der Waals surface area contributed by atoms with Crippen molar-refractivity contribution in [1.82, 2.24) is 10.2 Å². The van der Waals surface area contributed by atoms with Crippen LogP contribution >= 0.6 is 23.2 Å². The summed E-state index contributed by atoms with van der Waals surface area (Å²) in [5.74, 6) is -0.399. The van der Waals surface area contributed by atoms with Crippen LogP contribution in [0.1, 0.15) is 30.4 Å². The highest BCUT2D eigenvalue weighted by Gasteiger charge is 2.22. The van der Waals surface area contributed by atoms with Gasteiger partial charge in [-0.25, -0.2) is 8.42 Å². The molecule has 0 aromatic heterocycles. The zero-order valence-electron chi connectivity index (χ0n) is 17.5. The molecule has 1 amide bonds. The Hall–Kier alpha value is -1.80. The molecule has 0 unspecified atom stereocenters. The Kier molecular flexibility index (Phi) is 8.22. The van der Waals surface area contributed by atoms with Gasteiger partial charge in [-0.15, -0.1) is 0 Å². The predicted molar refractivity (Wildman–Crippen MR) is 126 cm³/mol. The molecule has 1 saturated heterocycles. The van der Waals surface area contributed by atoms with Crippen LogP contribution in [0.15, 0.2) is 42.5 Å². The van der Waals surface area contributed by atoms with Crippen LogP contribution in [0.2, 0.25) is 10.0 Å². The maximum absolute atomic E-state index is 12.6. The van der Waals surface area contributed by atoms with E-state index in [2.05, 4.69) is 16.3 Å². The molecule has 3 rings (SSSR count). The third-order valence-electron chi connectivity index (χ3n) is 5.32. The fraction of sp³-hybridized carbons (Fsp3) is 0.409. The largest absolute Gasteiger partial charge is 0.350 e. The molecule has 1 N–H and O–H groups in total. The molecule has 1 aliphatic rings. The van der Waals surface area contributed by atoms with Gasteiger partial charge >= 0.3 is 0 Å². The summed E-state index contributed by atoms with van der Waals surface area (Å²) in [7, 11) is -3.69. The number of carbonyl (C=O) groups is 1. The fourth-order valence-electron chi connectivity index (χ4n) is 3.66. The van der Waals surface area contributed by atoms with Gasteiger partial charge in [0.15, 0.2) is 0 Å². The average molecular weight is 484 g/mol. The standard InChI is InChI=1S/C22H27Cl2N3O3S/c1-31(29,30)27(19-9-10-20(23)21(24)13-19)16-22(28)25-14-17-7-3-4-8-18(17)15-26-11-5-2-6-12-26/h3-4,7-10,13H,2,5-6,11-12,14-16H2,1H3,(H,25,28). The Labute approximate surface area is 194 Å². The zero-order valence-corrected chi connectivity index (χ0v) is 19.8. The molecule has 168 valence electrons. The maximum atomic E-state index is 12.6. The molecule has 0 aliphatic carbocycles. The Morgan fingerprint density at radius 2 is 1.71 bits per heavy atom. The van der Waals surface area contributed by atoms with Crippen molar-refractivity contribution in [3.05, 3.63) is 63.6 Å². The van der Waals surface area contributed by atoms with Crippen LogP contribution < -0.4 is 9.62 Å². The minimum Gasteiger partial charge on any atom is -0.350 e. The van der Waals surface area contributed by atoms with Crippen LogP contribution in [0.3, 0.4) is 0 Å². The number of hydrogen-bond donors (Lipinski definition) is 1. The number of sulfonamides is 1. The Bertz CT molecular complexity index is 1020. The number of amides is 1. The fourth-order valence-corrected chi connectivity index (χ4v) is 4.80. The number of hydrogen-bond acceptors (Lipinski definition) is 4. The summed E-state index contributed by atoms with van der Waals surface area (Å²) in [5.41, 5.74) is 2.49. The molecule has 1 heterocycles. The highest BCUT2D eigenvalue weighted by atomic mass is 35.5. The zero-order chi connectivity index (χ0) is 22.4. The summed E-state index contributed by atoms with van der Waals surface area (Å²) in [6, 6.07) is 12.5. The number of nitrogens with one attached hydrogen (secondary N) is 1. The van der Waals surface area contributed by atoms with Crippen LogP contribution in [-0.2, 0) is 27.9 Å². The molecule has 2 aromatic rings. The average Bonchev–Trinajstić information content (AvgIpc) is 2.73. The van der Waals surface area contributed by atoms with Gasteiger partial charge in [0.25, 0.3) is 0 Å². The van der Waals surface area contributed by atoms with Crippen molar-refractivity contribution in [2.75, 3.05) is 30.2 Å². The van der Waals surface area contributed by atoms with Crippen molar-refractivity contribution in [2.45, 2.75) is 32.4 Å². The van der Waals surface area contributed by atoms with Gasteiger partial charge in [0.05, 0.1) is 22.0 Å². The lowest BCUT2D eigenvalue weighted by molar-refractivity contribution is -0.119.